The number of aliphatic imine (C=N–C) groups is 1. The Kier molecular flexibility index (Phi) is 8.49. The molecule has 0 aromatic carbocycles. The van der Waals surface area contributed by atoms with E-state index < -0.39 is 15.9 Å². The van der Waals surface area contributed by atoms with Crippen LogP contribution in [0.2, 0.25) is 5.15 Å². The fourth-order valence-electron chi connectivity index (χ4n) is 2.25. The van der Waals surface area contributed by atoms with Gasteiger partial charge in [-0.3, -0.25) is 4.99 Å². The van der Waals surface area contributed by atoms with Crippen LogP contribution in [0.15, 0.2) is 45.0 Å². The van der Waals surface area contributed by atoms with Gasteiger partial charge in [0.05, 0.1) is 18.4 Å². The predicted molar refractivity (Wildman–Crippen MR) is 109 cm³/mol. The van der Waals surface area contributed by atoms with E-state index in [1.807, 2.05) is 13.0 Å². The Labute approximate surface area is 168 Å². The van der Waals surface area contributed by atoms with Gasteiger partial charge in [-0.25, -0.2) is 13.4 Å². The summed E-state index contributed by atoms with van der Waals surface area (Å²) in [5.74, 6) is 0.166. The molecule has 0 aliphatic carbocycles. The summed E-state index contributed by atoms with van der Waals surface area (Å²) in [4.78, 5) is 8.30. The van der Waals surface area contributed by atoms with Crippen molar-refractivity contribution in [1.29, 1.82) is 0 Å². The zero-order valence-electron chi connectivity index (χ0n) is 14.9. The van der Waals surface area contributed by atoms with Gasteiger partial charge in [0, 0.05) is 19.3 Å². The minimum absolute atomic E-state index is 0.0115. The van der Waals surface area contributed by atoms with Crippen LogP contribution in [0.3, 0.4) is 0 Å². The van der Waals surface area contributed by atoms with E-state index in [9.17, 15) is 13.5 Å². The van der Waals surface area contributed by atoms with Gasteiger partial charge in [0.1, 0.15) is 9.36 Å². The number of thiophene rings is 1. The first-order chi connectivity index (χ1) is 12.9. The van der Waals surface area contributed by atoms with E-state index in [0.717, 1.165) is 23.3 Å². The quantitative estimate of drug-likeness (QED) is 0.318. The van der Waals surface area contributed by atoms with Gasteiger partial charge >= 0.3 is 0 Å². The van der Waals surface area contributed by atoms with Gasteiger partial charge in [-0.05, 0) is 36.4 Å². The lowest BCUT2D eigenvalue weighted by Gasteiger charge is -2.13. The average Bonchev–Trinajstić information content (AvgIpc) is 3.17. The van der Waals surface area contributed by atoms with Crippen molar-refractivity contribution in [3.63, 3.8) is 0 Å². The second kappa shape index (κ2) is 10.6. The maximum Gasteiger partial charge on any atom is 0.191 e. The summed E-state index contributed by atoms with van der Waals surface area (Å²) < 4.78 is 24.6. The molecule has 10 heteroatoms. The molecule has 2 rings (SSSR count). The fraction of sp³-hybridized carbons (Fsp3) is 0.412. The van der Waals surface area contributed by atoms with Crippen LogP contribution in [0, 0.1) is 0 Å². The van der Waals surface area contributed by atoms with Crippen LogP contribution in [-0.2, 0) is 16.3 Å². The third-order valence-electron chi connectivity index (χ3n) is 3.51. The van der Waals surface area contributed by atoms with Gasteiger partial charge in [0.15, 0.2) is 15.8 Å². The van der Waals surface area contributed by atoms with E-state index in [4.69, 9.17) is 11.6 Å². The Hall–Kier alpha value is -1.68. The maximum absolute atomic E-state index is 12.2. The minimum atomic E-state index is -3.49. The molecule has 27 heavy (non-hydrogen) atoms. The lowest BCUT2D eigenvalue weighted by Crippen LogP contribution is -2.39. The molecule has 7 nitrogen and oxygen atoms in total. The van der Waals surface area contributed by atoms with Gasteiger partial charge in [-0.2, -0.15) is 0 Å². The van der Waals surface area contributed by atoms with Crippen LogP contribution in [-0.4, -0.2) is 56.0 Å². The number of hydrogen-bond donors (Lipinski definition) is 3. The van der Waals surface area contributed by atoms with Crippen molar-refractivity contribution in [3.8, 4) is 0 Å². The van der Waals surface area contributed by atoms with Gasteiger partial charge in [-0.15, -0.1) is 11.3 Å². The first kappa shape index (κ1) is 21.6. The molecule has 0 saturated heterocycles. The third kappa shape index (κ3) is 7.45. The Morgan fingerprint density at radius 2 is 2.19 bits per heavy atom. The smallest absolute Gasteiger partial charge is 0.191 e. The standard InChI is InChI=1S/C17H23ClN4O3S2/c1-2-19-17(20-8-7-13-5-6-15(18)21-10-13)22-11-14(23)12-27(24,25)16-4-3-9-26-16/h3-6,9-10,14,23H,2,7-8,11-12H2,1H3,(H2,19,20,22). The number of aliphatic hydroxyl groups excluding tert-OH is 1. The molecule has 1 unspecified atom stereocenters. The number of halogens is 1. The largest absolute Gasteiger partial charge is 0.390 e. The van der Waals surface area contributed by atoms with Crippen molar-refractivity contribution in [3.05, 3.63) is 46.6 Å². The summed E-state index contributed by atoms with van der Waals surface area (Å²) in [6.07, 6.45) is 1.37. The Bertz CT molecular complexity index is 824. The fourth-order valence-corrected chi connectivity index (χ4v) is 4.83. The van der Waals surface area contributed by atoms with Crippen LogP contribution in [0.1, 0.15) is 12.5 Å². The second-order valence-corrected chi connectivity index (χ2v) is 9.35. The Balaban J connectivity index is 1.85. The minimum Gasteiger partial charge on any atom is -0.390 e. The van der Waals surface area contributed by atoms with E-state index >= 15 is 0 Å². The van der Waals surface area contributed by atoms with Crippen molar-refractivity contribution in [2.75, 3.05) is 25.4 Å². The molecule has 1 atom stereocenters. The molecule has 0 amide bonds. The second-order valence-electron chi connectivity index (χ2n) is 5.75. The lowest BCUT2D eigenvalue weighted by atomic mass is 10.2. The lowest BCUT2D eigenvalue weighted by molar-refractivity contribution is 0.206. The number of guanidine groups is 1. The molecule has 148 valence electrons. The van der Waals surface area contributed by atoms with Crippen molar-refractivity contribution < 1.29 is 13.5 Å². The number of rotatable bonds is 9. The number of pyridine rings is 1. The number of hydrogen-bond acceptors (Lipinski definition) is 6. The molecule has 0 aliphatic rings. The zero-order chi connectivity index (χ0) is 19.7. The SMILES string of the molecule is CCNC(=NCC(O)CS(=O)(=O)c1cccs1)NCCc1ccc(Cl)nc1. The van der Waals surface area contributed by atoms with Gasteiger partial charge in [0.25, 0.3) is 0 Å². The summed E-state index contributed by atoms with van der Waals surface area (Å²) in [6.45, 7) is 3.18. The molecule has 2 heterocycles. The normalized spacial score (nSPS) is 13.4. The Morgan fingerprint density at radius 3 is 2.81 bits per heavy atom. The van der Waals surface area contributed by atoms with E-state index in [1.54, 1.807) is 23.7 Å². The molecule has 2 aromatic rings. The molecular formula is C17H23ClN4O3S2. The highest BCUT2D eigenvalue weighted by Gasteiger charge is 2.20. The molecule has 0 fully saturated rings. The summed E-state index contributed by atoms with van der Waals surface area (Å²) in [7, 11) is -3.49. The third-order valence-corrected chi connectivity index (χ3v) is 7.02. The predicted octanol–water partition coefficient (Wildman–Crippen LogP) is 1.73. The molecule has 3 N–H and O–H groups in total. The van der Waals surface area contributed by atoms with E-state index in [-0.39, 0.29) is 16.5 Å². The Morgan fingerprint density at radius 1 is 1.37 bits per heavy atom. The number of nitrogens with zero attached hydrogens (tertiary/aromatic N) is 2. The molecule has 0 radical (unpaired) electrons. The zero-order valence-corrected chi connectivity index (χ0v) is 17.3. The molecule has 2 aromatic heterocycles. The highest BCUT2D eigenvalue weighted by molar-refractivity contribution is 7.93. The monoisotopic (exact) mass is 430 g/mol. The number of nitrogens with one attached hydrogen (secondary N) is 2. The van der Waals surface area contributed by atoms with Crippen LogP contribution < -0.4 is 10.6 Å². The summed E-state index contributed by atoms with van der Waals surface area (Å²) >= 11 is 6.91. The number of aromatic nitrogens is 1. The maximum atomic E-state index is 12.2. The molecule has 0 bridgehead atoms. The highest BCUT2D eigenvalue weighted by Crippen LogP contribution is 2.18. The average molecular weight is 431 g/mol. The van der Waals surface area contributed by atoms with Gasteiger partial charge in [0.2, 0.25) is 0 Å². The first-order valence-corrected chi connectivity index (χ1v) is 11.4. The topological polar surface area (TPSA) is 104 Å². The van der Waals surface area contributed by atoms with Crippen molar-refractivity contribution in [2.24, 2.45) is 4.99 Å². The molecule has 0 spiro atoms. The van der Waals surface area contributed by atoms with E-state index in [2.05, 4.69) is 20.6 Å². The van der Waals surface area contributed by atoms with Crippen molar-refractivity contribution in [2.45, 2.75) is 23.7 Å². The molecule has 0 aliphatic heterocycles. The summed E-state index contributed by atoms with van der Waals surface area (Å²) in [6, 6.07) is 6.85. The summed E-state index contributed by atoms with van der Waals surface area (Å²) in [5, 5.41) is 18.4. The van der Waals surface area contributed by atoms with Crippen LogP contribution in [0.4, 0.5) is 0 Å². The van der Waals surface area contributed by atoms with Crippen molar-refractivity contribution >= 4 is 38.7 Å². The van der Waals surface area contributed by atoms with E-state index in [0.29, 0.717) is 24.2 Å². The van der Waals surface area contributed by atoms with Crippen LogP contribution in [0.25, 0.3) is 0 Å². The number of aliphatic hydroxyl groups is 1. The van der Waals surface area contributed by atoms with Crippen molar-refractivity contribution in [1.82, 2.24) is 15.6 Å². The molecule has 0 saturated carbocycles. The van der Waals surface area contributed by atoms with Gasteiger partial charge in [-0.1, -0.05) is 23.7 Å². The first-order valence-electron chi connectivity index (χ1n) is 8.47. The number of sulfone groups is 1. The molecular weight excluding hydrogens is 408 g/mol. The summed E-state index contributed by atoms with van der Waals surface area (Å²) in [5.41, 5.74) is 1.03. The van der Waals surface area contributed by atoms with Gasteiger partial charge < -0.3 is 15.7 Å². The van der Waals surface area contributed by atoms with E-state index in [1.165, 1.54) is 6.07 Å². The highest BCUT2D eigenvalue weighted by atomic mass is 35.5. The van der Waals surface area contributed by atoms with Crippen LogP contribution in [0.5, 0.6) is 0 Å². The van der Waals surface area contributed by atoms with Crippen LogP contribution >= 0.6 is 22.9 Å².